The molecule has 0 bridgehead atoms. The molecule has 0 radical (unpaired) electrons. The molecule has 1 amide bonds. The van der Waals surface area contributed by atoms with Crippen molar-refractivity contribution in [2.45, 2.75) is 110 Å². The lowest BCUT2D eigenvalue weighted by Crippen LogP contribution is -2.41. The highest BCUT2D eigenvalue weighted by Crippen LogP contribution is 2.11. The Morgan fingerprint density at radius 3 is 1.65 bits per heavy atom. The average molecular weight is 329 g/mol. The summed E-state index contributed by atoms with van der Waals surface area (Å²) in [6.45, 7) is 8.65. The van der Waals surface area contributed by atoms with E-state index in [9.17, 15) is 4.79 Å². The van der Waals surface area contributed by atoms with Gasteiger partial charge < -0.3 is 4.74 Å². The molecule has 23 heavy (non-hydrogen) atoms. The molecule has 0 fully saturated rings. The van der Waals surface area contributed by atoms with Gasteiger partial charge in [-0.25, -0.2) is 10.2 Å². The summed E-state index contributed by atoms with van der Waals surface area (Å²) in [5.41, 5.74) is 5.04. The zero-order chi connectivity index (χ0) is 17.4. The lowest BCUT2D eigenvalue weighted by atomic mass is 10.1. The number of carbonyl (C=O) groups is 1. The Labute approximate surface area is 144 Å². The molecule has 0 aromatic rings. The van der Waals surface area contributed by atoms with E-state index in [4.69, 9.17) is 4.74 Å². The van der Waals surface area contributed by atoms with E-state index in [-0.39, 0.29) is 0 Å². The fourth-order valence-electron chi connectivity index (χ4n) is 2.49. The number of amides is 1. The number of carbonyl (C=O) groups excluding carboxylic acids is 1. The van der Waals surface area contributed by atoms with Crippen molar-refractivity contribution in [3.8, 4) is 0 Å². The minimum absolute atomic E-state index is 0.406. The summed E-state index contributed by atoms with van der Waals surface area (Å²) in [4.78, 5) is 11.4. The van der Waals surface area contributed by atoms with Crippen molar-refractivity contribution in [1.29, 1.82) is 0 Å². The van der Waals surface area contributed by atoms with Crippen LogP contribution < -0.4 is 10.9 Å². The van der Waals surface area contributed by atoms with Crippen LogP contribution >= 0.6 is 0 Å². The quantitative estimate of drug-likeness (QED) is 0.317. The standard InChI is InChI=1S/C19H40N2O2/c1-5-6-7-8-9-10-11-12-13-14-15-16-17-20-21-18(22)23-19(2,3)4/h20H,5-17H2,1-4H3,(H,21,22). The second-order valence-corrected chi connectivity index (χ2v) is 7.44. The van der Waals surface area contributed by atoms with Gasteiger partial charge in [-0.15, -0.1) is 0 Å². The van der Waals surface area contributed by atoms with E-state index in [0.29, 0.717) is 0 Å². The normalized spacial score (nSPS) is 11.5. The number of ether oxygens (including phenoxy) is 1. The van der Waals surface area contributed by atoms with Crippen molar-refractivity contribution < 1.29 is 9.53 Å². The van der Waals surface area contributed by atoms with Crippen LogP contribution in [-0.2, 0) is 4.74 Å². The van der Waals surface area contributed by atoms with E-state index in [0.717, 1.165) is 13.0 Å². The number of rotatable bonds is 14. The maximum absolute atomic E-state index is 11.4. The Balaban J connectivity index is 3.15. The molecular weight excluding hydrogens is 288 g/mol. The zero-order valence-corrected chi connectivity index (χ0v) is 16.0. The summed E-state index contributed by atoms with van der Waals surface area (Å²) in [6, 6.07) is 0. The van der Waals surface area contributed by atoms with Crippen molar-refractivity contribution in [2.24, 2.45) is 0 Å². The van der Waals surface area contributed by atoms with Crippen molar-refractivity contribution >= 4 is 6.09 Å². The van der Waals surface area contributed by atoms with Crippen LogP contribution in [0.1, 0.15) is 105 Å². The molecule has 0 atom stereocenters. The molecule has 0 spiro atoms. The Morgan fingerprint density at radius 1 is 0.783 bits per heavy atom. The van der Waals surface area contributed by atoms with E-state index < -0.39 is 11.7 Å². The first-order valence-corrected chi connectivity index (χ1v) is 9.67. The third-order valence-electron chi connectivity index (χ3n) is 3.74. The highest BCUT2D eigenvalue weighted by Gasteiger charge is 2.15. The Bertz CT molecular complexity index is 275. The number of hydrogen-bond acceptors (Lipinski definition) is 3. The van der Waals surface area contributed by atoms with Crippen LogP contribution in [-0.4, -0.2) is 18.2 Å². The van der Waals surface area contributed by atoms with Gasteiger partial charge >= 0.3 is 6.09 Å². The molecular formula is C19H40N2O2. The highest BCUT2D eigenvalue weighted by atomic mass is 16.6. The topological polar surface area (TPSA) is 50.4 Å². The fourth-order valence-corrected chi connectivity index (χ4v) is 2.49. The van der Waals surface area contributed by atoms with Crippen molar-refractivity contribution in [3.63, 3.8) is 0 Å². The van der Waals surface area contributed by atoms with Gasteiger partial charge in [0, 0.05) is 6.54 Å². The fraction of sp³-hybridized carbons (Fsp3) is 0.947. The average Bonchev–Trinajstić information content (AvgIpc) is 2.46. The predicted octanol–water partition coefficient (Wildman–Crippen LogP) is 5.72. The Morgan fingerprint density at radius 2 is 1.22 bits per heavy atom. The minimum Gasteiger partial charge on any atom is -0.443 e. The van der Waals surface area contributed by atoms with Gasteiger partial charge in [0.15, 0.2) is 0 Å². The van der Waals surface area contributed by atoms with Gasteiger partial charge in [-0.1, -0.05) is 77.6 Å². The number of unbranched alkanes of at least 4 members (excludes halogenated alkanes) is 11. The van der Waals surface area contributed by atoms with E-state index in [2.05, 4.69) is 17.8 Å². The van der Waals surface area contributed by atoms with Crippen LogP contribution in [0.4, 0.5) is 4.79 Å². The van der Waals surface area contributed by atoms with Gasteiger partial charge in [0.25, 0.3) is 0 Å². The molecule has 2 N–H and O–H groups in total. The van der Waals surface area contributed by atoms with Gasteiger partial charge in [0.05, 0.1) is 0 Å². The van der Waals surface area contributed by atoms with E-state index in [1.807, 2.05) is 20.8 Å². The molecule has 0 saturated heterocycles. The number of hydrogen-bond donors (Lipinski definition) is 2. The molecule has 4 nitrogen and oxygen atoms in total. The summed E-state index contributed by atoms with van der Waals surface area (Å²) in [5.74, 6) is 0. The summed E-state index contributed by atoms with van der Waals surface area (Å²) in [5, 5.41) is 0. The number of nitrogens with one attached hydrogen (secondary N) is 2. The molecule has 0 rings (SSSR count). The first-order valence-electron chi connectivity index (χ1n) is 9.67. The molecule has 0 aliphatic rings. The lowest BCUT2D eigenvalue weighted by Gasteiger charge is -2.19. The zero-order valence-electron chi connectivity index (χ0n) is 16.0. The minimum atomic E-state index is -0.443. The van der Waals surface area contributed by atoms with Crippen molar-refractivity contribution in [2.75, 3.05) is 6.54 Å². The summed E-state index contributed by atoms with van der Waals surface area (Å²) < 4.78 is 5.14. The molecule has 0 unspecified atom stereocenters. The van der Waals surface area contributed by atoms with Gasteiger partial charge in [-0.05, 0) is 27.2 Å². The first kappa shape index (κ1) is 22.2. The summed E-state index contributed by atoms with van der Waals surface area (Å²) >= 11 is 0. The molecule has 0 heterocycles. The smallest absolute Gasteiger partial charge is 0.422 e. The van der Waals surface area contributed by atoms with Gasteiger partial charge in [0.2, 0.25) is 0 Å². The van der Waals surface area contributed by atoms with Crippen LogP contribution in [0, 0.1) is 0 Å². The van der Waals surface area contributed by atoms with E-state index in [1.54, 1.807) is 0 Å². The Hall–Kier alpha value is -0.770. The second-order valence-electron chi connectivity index (χ2n) is 7.44. The lowest BCUT2D eigenvalue weighted by molar-refractivity contribution is 0.0498. The molecule has 4 heteroatoms. The summed E-state index contributed by atoms with van der Waals surface area (Å²) in [7, 11) is 0. The number of hydrazine groups is 1. The largest absolute Gasteiger partial charge is 0.443 e. The van der Waals surface area contributed by atoms with Gasteiger partial charge in [-0.3, -0.25) is 5.43 Å². The van der Waals surface area contributed by atoms with Crippen molar-refractivity contribution in [3.05, 3.63) is 0 Å². The SMILES string of the molecule is CCCCCCCCCCCCCCNNC(=O)OC(C)(C)C. The van der Waals surface area contributed by atoms with Gasteiger partial charge in [-0.2, -0.15) is 0 Å². The first-order chi connectivity index (χ1) is 11.0. The van der Waals surface area contributed by atoms with Crippen LogP contribution in [0.25, 0.3) is 0 Å². The monoisotopic (exact) mass is 328 g/mol. The maximum atomic E-state index is 11.4. The third kappa shape index (κ3) is 19.2. The molecule has 138 valence electrons. The Kier molecular flexibility index (Phi) is 14.3. The molecule has 0 aliphatic heterocycles. The molecule has 0 aliphatic carbocycles. The van der Waals surface area contributed by atoms with Crippen LogP contribution in [0.2, 0.25) is 0 Å². The highest BCUT2D eigenvalue weighted by molar-refractivity contribution is 5.66. The predicted molar refractivity (Wildman–Crippen MR) is 98.5 cm³/mol. The van der Waals surface area contributed by atoms with Crippen LogP contribution in [0.15, 0.2) is 0 Å². The van der Waals surface area contributed by atoms with Crippen LogP contribution in [0.3, 0.4) is 0 Å². The van der Waals surface area contributed by atoms with E-state index in [1.165, 1.54) is 70.6 Å². The van der Waals surface area contributed by atoms with Crippen LogP contribution in [0.5, 0.6) is 0 Å². The summed E-state index contributed by atoms with van der Waals surface area (Å²) in [6.07, 6.45) is 15.7. The molecule has 0 aromatic carbocycles. The second kappa shape index (κ2) is 14.8. The van der Waals surface area contributed by atoms with E-state index >= 15 is 0 Å². The third-order valence-corrected chi connectivity index (χ3v) is 3.74. The van der Waals surface area contributed by atoms with Crippen molar-refractivity contribution in [1.82, 2.24) is 10.9 Å². The molecule has 0 aromatic heterocycles. The maximum Gasteiger partial charge on any atom is 0.422 e. The van der Waals surface area contributed by atoms with Gasteiger partial charge in [0.1, 0.15) is 5.60 Å². The molecule has 0 saturated carbocycles.